The highest BCUT2D eigenvalue weighted by Gasteiger charge is 2.16. The first kappa shape index (κ1) is 26.4. The van der Waals surface area contributed by atoms with Crippen molar-refractivity contribution in [2.24, 2.45) is 0 Å². The second kappa shape index (κ2) is 10.6. The Hall–Kier alpha value is -5.99. The lowest BCUT2D eigenvalue weighted by Crippen LogP contribution is -1.97. The molecule has 8 aromatic carbocycles. The van der Waals surface area contributed by atoms with Crippen molar-refractivity contribution < 1.29 is 0 Å². The number of aromatic nitrogens is 2. The fourth-order valence-corrected chi connectivity index (χ4v) is 7.10. The van der Waals surface area contributed by atoms with E-state index in [1.165, 1.54) is 60.1 Å². The van der Waals surface area contributed by atoms with Crippen LogP contribution in [-0.4, -0.2) is 9.55 Å². The lowest BCUT2D eigenvalue weighted by atomic mass is 9.87. The molecule has 1 aromatic heterocycles. The highest BCUT2D eigenvalue weighted by Crippen LogP contribution is 2.41. The zero-order chi connectivity index (χ0) is 30.6. The summed E-state index contributed by atoms with van der Waals surface area (Å²) < 4.78 is 2.25. The molecule has 0 aliphatic carbocycles. The van der Waals surface area contributed by atoms with E-state index >= 15 is 0 Å². The van der Waals surface area contributed by atoms with Crippen LogP contribution in [0.5, 0.6) is 0 Å². The Morgan fingerprint density at radius 1 is 0.435 bits per heavy atom. The maximum absolute atomic E-state index is 5.06. The minimum atomic E-state index is 0.944. The SMILES string of the molecule is Cc1c2ccccc2c(-c2ccc3ccccc3c2)c2ccc(-c3ccc(-c4nc5ccccc5n4-c4ccccc4)cc3)cc12. The third kappa shape index (κ3) is 4.22. The summed E-state index contributed by atoms with van der Waals surface area (Å²) in [7, 11) is 0. The summed E-state index contributed by atoms with van der Waals surface area (Å²) in [6.45, 7) is 2.26. The van der Waals surface area contributed by atoms with Gasteiger partial charge in [-0.25, -0.2) is 4.98 Å². The zero-order valence-corrected chi connectivity index (χ0v) is 25.5. The van der Waals surface area contributed by atoms with E-state index in [-0.39, 0.29) is 0 Å². The lowest BCUT2D eigenvalue weighted by molar-refractivity contribution is 1.10. The van der Waals surface area contributed by atoms with Crippen molar-refractivity contribution in [3.63, 3.8) is 0 Å². The molecule has 0 N–H and O–H groups in total. The van der Waals surface area contributed by atoms with Gasteiger partial charge in [0.2, 0.25) is 0 Å². The van der Waals surface area contributed by atoms with Crippen molar-refractivity contribution in [3.05, 3.63) is 169 Å². The van der Waals surface area contributed by atoms with Gasteiger partial charge in [0.05, 0.1) is 11.0 Å². The van der Waals surface area contributed by atoms with Crippen LogP contribution >= 0.6 is 0 Å². The van der Waals surface area contributed by atoms with Crippen molar-refractivity contribution >= 4 is 43.4 Å². The van der Waals surface area contributed by atoms with Crippen LogP contribution in [0, 0.1) is 6.92 Å². The first-order valence-electron chi connectivity index (χ1n) is 15.8. The Balaban J connectivity index is 1.18. The fourth-order valence-electron chi connectivity index (χ4n) is 7.10. The maximum Gasteiger partial charge on any atom is 0.145 e. The average Bonchev–Trinajstić information content (AvgIpc) is 3.52. The second-order valence-corrected chi connectivity index (χ2v) is 12.0. The van der Waals surface area contributed by atoms with E-state index in [9.17, 15) is 0 Å². The van der Waals surface area contributed by atoms with E-state index in [1.807, 2.05) is 6.07 Å². The summed E-state index contributed by atoms with van der Waals surface area (Å²) in [6.07, 6.45) is 0. The molecule has 0 fully saturated rings. The molecule has 0 amide bonds. The van der Waals surface area contributed by atoms with E-state index in [2.05, 4.69) is 169 Å². The first-order valence-corrected chi connectivity index (χ1v) is 15.8. The first-order chi connectivity index (χ1) is 22.7. The lowest BCUT2D eigenvalue weighted by Gasteiger charge is -2.17. The van der Waals surface area contributed by atoms with Gasteiger partial charge in [0, 0.05) is 11.3 Å². The number of benzene rings is 8. The molecule has 216 valence electrons. The van der Waals surface area contributed by atoms with Gasteiger partial charge in [-0.1, -0.05) is 127 Å². The average molecular weight is 587 g/mol. The molecule has 0 radical (unpaired) electrons. The van der Waals surface area contributed by atoms with Crippen LogP contribution in [0.2, 0.25) is 0 Å². The summed E-state index contributed by atoms with van der Waals surface area (Å²) in [5.74, 6) is 0.944. The number of para-hydroxylation sites is 3. The number of fused-ring (bicyclic) bond motifs is 4. The highest BCUT2D eigenvalue weighted by molar-refractivity contribution is 6.16. The zero-order valence-electron chi connectivity index (χ0n) is 25.5. The topological polar surface area (TPSA) is 17.8 Å². The van der Waals surface area contributed by atoms with Crippen molar-refractivity contribution in [1.29, 1.82) is 0 Å². The van der Waals surface area contributed by atoms with Crippen LogP contribution in [0.3, 0.4) is 0 Å². The van der Waals surface area contributed by atoms with Gasteiger partial charge in [0.15, 0.2) is 0 Å². The number of hydrogen-bond acceptors (Lipinski definition) is 1. The van der Waals surface area contributed by atoms with E-state index in [0.29, 0.717) is 0 Å². The van der Waals surface area contributed by atoms with Crippen LogP contribution in [0.15, 0.2) is 164 Å². The molecule has 0 aliphatic heterocycles. The number of hydrogen-bond donors (Lipinski definition) is 0. The van der Waals surface area contributed by atoms with Crippen LogP contribution in [0.1, 0.15) is 5.56 Å². The van der Waals surface area contributed by atoms with E-state index in [1.54, 1.807) is 0 Å². The minimum absolute atomic E-state index is 0.944. The summed E-state index contributed by atoms with van der Waals surface area (Å²) in [5, 5.41) is 7.68. The number of nitrogens with zero attached hydrogens (tertiary/aromatic N) is 2. The van der Waals surface area contributed by atoms with Gasteiger partial charge in [-0.15, -0.1) is 0 Å². The molecule has 2 heteroatoms. The van der Waals surface area contributed by atoms with Gasteiger partial charge < -0.3 is 0 Å². The molecule has 0 unspecified atom stereocenters. The van der Waals surface area contributed by atoms with E-state index in [0.717, 1.165) is 28.1 Å². The van der Waals surface area contributed by atoms with Gasteiger partial charge in [-0.05, 0) is 103 Å². The standard InChI is InChI=1S/C44H30N2/c1-29-37-15-7-8-16-38(37)43(35-24-21-30-11-5-6-12-33(30)27-35)39-26-25-34(28-40(29)39)31-19-22-32(23-20-31)44-45-41-17-9-10-18-42(41)46(44)36-13-3-2-4-14-36/h2-28H,1H3. The fraction of sp³-hybridized carbons (Fsp3) is 0.0227. The number of imidazole rings is 1. The molecule has 1 heterocycles. The van der Waals surface area contributed by atoms with Gasteiger partial charge in [-0.2, -0.15) is 0 Å². The molecular weight excluding hydrogens is 556 g/mol. The Labute approximate surface area is 267 Å². The smallest absolute Gasteiger partial charge is 0.145 e. The molecule has 0 bridgehead atoms. The van der Waals surface area contributed by atoms with Gasteiger partial charge in [0.25, 0.3) is 0 Å². The largest absolute Gasteiger partial charge is 0.292 e. The summed E-state index contributed by atoms with van der Waals surface area (Å²) in [5.41, 5.74) is 10.5. The minimum Gasteiger partial charge on any atom is -0.292 e. The molecule has 0 saturated heterocycles. The molecule has 46 heavy (non-hydrogen) atoms. The maximum atomic E-state index is 5.06. The monoisotopic (exact) mass is 586 g/mol. The van der Waals surface area contributed by atoms with Crippen LogP contribution < -0.4 is 0 Å². The Morgan fingerprint density at radius 2 is 1.07 bits per heavy atom. The number of aryl methyl sites for hydroxylation is 1. The van der Waals surface area contributed by atoms with Crippen molar-refractivity contribution in [2.75, 3.05) is 0 Å². The van der Waals surface area contributed by atoms with E-state index in [4.69, 9.17) is 4.98 Å². The number of rotatable bonds is 4. The van der Waals surface area contributed by atoms with Crippen molar-refractivity contribution in [2.45, 2.75) is 6.92 Å². The van der Waals surface area contributed by atoms with Crippen molar-refractivity contribution in [1.82, 2.24) is 9.55 Å². The Kier molecular flexibility index (Phi) is 6.07. The summed E-state index contributed by atoms with van der Waals surface area (Å²) in [6, 6.07) is 58.9. The van der Waals surface area contributed by atoms with E-state index < -0.39 is 0 Å². The van der Waals surface area contributed by atoms with Crippen molar-refractivity contribution in [3.8, 4) is 39.3 Å². The summed E-state index contributed by atoms with van der Waals surface area (Å²) in [4.78, 5) is 5.06. The molecule has 0 spiro atoms. The third-order valence-electron chi connectivity index (χ3n) is 9.38. The Morgan fingerprint density at radius 3 is 1.91 bits per heavy atom. The molecule has 2 nitrogen and oxygen atoms in total. The molecular formula is C44H30N2. The van der Waals surface area contributed by atoms with Gasteiger partial charge >= 0.3 is 0 Å². The molecule has 0 atom stereocenters. The van der Waals surface area contributed by atoms with Crippen LogP contribution in [0.25, 0.3) is 82.7 Å². The predicted molar refractivity (Wildman–Crippen MR) is 195 cm³/mol. The molecule has 9 rings (SSSR count). The molecule has 0 saturated carbocycles. The van der Waals surface area contributed by atoms with Crippen LogP contribution in [-0.2, 0) is 0 Å². The highest BCUT2D eigenvalue weighted by atomic mass is 15.1. The third-order valence-corrected chi connectivity index (χ3v) is 9.38. The van der Waals surface area contributed by atoms with Gasteiger partial charge in [0.1, 0.15) is 5.82 Å². The Bertz CT molecular complexity index is 2570. The second-order valence-electron chi connectivity index (χ2n) is 12.0. The summed E-state index contributed by atoms with van der Waals surface area (Å²) >= 11 is 0. The quantitative estimate of drug-likeness (QED) is 0.188. The van der Waals surface area contributed by atoms with Gasteiger partial charge in [-0.3, -0.25) is 4.57 Å². The molecule has 9 aromatic rings. The molecule has 0 aliphatic rings. The predicted octanol–water partition coefficient (Wildman–Crippen LogP) is 11.8. The van der Waals surface area contributed by atoms with Crippen LogP contribution in [0.4, 0.5) is 0 Å². The normalized spacial score (nSPS) is 11.6.